The number of rotatable bonds is 8. The minimum Gasteiger partial charge on any atom is -0.319 e. The van der Waals surface area contributed by atoms with Gasteiger partial charge in [-0.2, -0.15) is 0 Å². The molecule has 3 heteroatoms. The number of nitrogens with one attached hydrogen (secondary N) is 1. The van der Waals surface area contributed by atoms with Crippen molar-refractivity contribution in [2.45, 2.75) is 26.4 Å². The van der Waals surface area contributed by atoms with E-state index in [2.05, 4.69) is 58.9 Å². The van der Waals surface area contributed by atoms with E-state index in [0.717, 1.165) is 32.6 Å². The molecule has 0 spiro atoms. The number of nitrogens with zero attached hydrogens (tertiary/aromatic N) is 1. The summed E-state index contributed by atoms with van der Waals surface area (Å²) in [5.74, 6) is 0. The molecular weight excluding hydrogens is 264 g/mol. The second-order valence-electron chi connectivity index (χ2n) is 5.05. The second-order valence-corrected chi connectivity index (χ2v) is 6.08. The molecule has 0 fully saturated rings. The minimum absolute atomic E-state index is 1.03. The summed E-state index contributed by atoms with van der Waals surface area (Å²) in [6.45, 7) is 6.43. The quantitative estimate of drug-likeness (QED) is 0.799. The predicted molar refractivity (Wildman–Crippen MR) is 88.2 cm³/mol. The fraction of sp³-hybridized carbons (Fsp3) is 0.412. The van der Waals surface area contributed by atoms with Crippen LogP contribution in [0.3, 0.4) is 0 Å². The van der Waals surface area contributed by atoms with Gasteiger partial charge in [0.05, 0.1) is 0 Å². The Morgan fingerprint density at radius 3 is 2.40 bits per heavy atom. The van der Waals surface area contributed by atoms with Crippen LogP contribution in [0.25, 0.3) is 0 Å². The summed E-state index contributed by atoms with van der Waals surface area (Å²) in [6, 6.07) is 13.4. The Morgan fingerprint density at radius 2 is 1.80 bits per heavy atom. The Balaban J connectivity index is 1.90. The Kier molecular flexibility index (Phi) is 6.25. The van der Waals surface area contributed by atoms with Crippen LogP contribution in [-0.2, 0) is 19.5 Å². The van der Waals surface area contributed by atoms with E-state index in [4.69, 9.17) is 0 Å². The Bertz CT molecular complexity index is 476. The second kappa shape index (κ2) is 8.20. The first-order valence-electron chi connectivity index (χ1n) is 7.29. The molecule has 0 aliphatic carbocycles. The molecule has 108 valence electrons. The largest absolute Gasteiger partial charge is 0.319 e. The highest BCUT2D eigenvalue weighted by Crippen LogP contribution is 2.14. The lowest BCUT2D eigenvalue weighted by molar-refractivity contribution is 0.274. The van der Waals surface area contributed by atoms with Crippen molar-refractivity contribution in [1.82, 2.24) is 10.2 Å². The third-order valence-corrected chi connectivity index (χ3v) is 4.36. The van der Waals surface area contributed by atoms with Crippen LogP contribution >= 0.6 is 11.3 Å². The zero-order valence-corrected chi connectivity index (χ0v) is 13.2. The van der Waals surface area contributed by atoms with E-state index in [1.807, 2.05) is 18.4 Å². The van der Waals surface area contributed by atoms with Gasteiger partial charge in [-0.15, -0.1) is 11.3 Å². The standard InChI is InChI=1S/C17H24N2S/c1-3-19(14-17-5-4-12-20-17)13-16-8-6-15(7-9-16)10-11-18-2/h4-9,12,18H,3,10-11,13-14H2,1-2H3. The minimum atomic E-state index is 1.03. The SMILES string of the molecule is CCN(Cc1ccc(CCNC)cc1)Cc1cccs1. The molecule has 0 atom stereocenters. The van der Waals surface area contributed by atoms with Gasteiger partial charge in [0, 0.05) is 18.0 Å². The van der Waals surface area contributed by atoms with Gasteiger partial charge < -0.3 is 5.32 Å². The molecule has 2 aromatic rings. The van der Waals surface area contributed by atoms with Crippen molar-refractivity contribution in [3.63, 3.8) is 0 Å². The molecule has 1 N–H and O–H groups in total. The van der Waals surface area contributed by atoms with Crippen LogP contribution in [0.4, 0.5) is 0 Å². The maximum Gasteiger partial charge on any atom is 0.0331 e. The van der Waals surface area contributed by atoms with Crippen LogP contribution in [-0.4, -0.2) is 25.0 Å². The lowest BCUT2D eigenvalue weighted by atomic mass is 10.1. The fourth-order valence-electron chi connectivity index (χ4n) is 2.24. The van der Waals surface area contributed by atoms with E-state index in [-0.39, 0.29) is 0 Å². The van der Waals surface area contributed by atoms with Crippen LogP contribution in [0.1, 0.15) is 22.9 Å². The van der Waals surface area contributed by atoms with Crippen molar-refractivity contribution in [2.24, 2.45) is 0 Å². The Morgan fingerprint density at radius 1 is 1.05 bits per heavy atom. The van der Waals surface area contributed by atoms with Gasteiger partial charge in [0.2, 0.25) is 0 Å². The van der Waals surface area contributed by atoms with Gasteiger partial charge in [0.1, 0.15) is 0 Å². The molecule has 1 aromatic carbocycles. The molecule has 0 aliphatic rings. The lowest BCUT2D eigenvalue weighted by Crippen LogP contribution is -2.21. The summed E-state index contributed by atoms with van der Waals surface area (Å²) in [4.78, 5) is 3.92. The molecule has 0 saturated carbocycles. The summed E-state index contributed by atoms with van der Waals surface area (Å²) in [7, 11) is 2.00. The molecule has 0 radical (unpaired) electrons. The van der Waals surface area contributed by atoms with E-state index in [1.54, 1.807) is 0 Å². The topological polar surface area (TPSA) is 15.3 Å². The maximum atomic E-state index is 3.19. The third kappa shape index (κ3) is 4.75. The van der Waals surface area contributed by atoms with Gasteiger partial charge in [-0.3, -0.25) is 4.90 Å². The molecule has 1 heterocycles. The molecule has 0 aliphatic heterocycles. The zero-order chi connectivity index (χ0) is 14.2. The van der Waals surface area contributed by atoms with E-state index < -0.39 is 0 Å². The van der Waals surface area contributed by atoms with Gasteiger partial charge in [-0.05, 0) is 49.1 Å². The van der Waals surface area contributed by atoms with Crippen LogP contribution in [0, 0.1) is 0 Å². The van der Waals surface area contributed by atoms with Crippen LogP contribution in [0.2, 0.25) is 0 Å². The summed E-state index contributed by atoms with van der Waals surface area (Å²) in [5.41, 5.74) is 2.81. The fourth-order valence-corrected chi connectivity index (χ4v) is 2.99. The van der Waals surface area contributed by atoms with E-state index >= 15 is 0 Å². The monoisotopic (exact) mass is 288 g/mol. The summed E-state index contributed by atoms with van der Waals surface area (Å²) in [6.07, 6.45) is 1.10. The van der Waals surface area contributed by atoms with Crippen molar-refractivity contribution in [1.29, 1.82) is 0 Å². The van der Waals surface area contributed by atoms with Crippen molar-refractivity contribution < 1.29 is 0 Å². The van der Waals surface area contributed by atoms with Crippen molar-refractivity contribution in [3.8, 4) is 0 Å². The van der Waals surface area contributed by atoms with Crippen molar-refractivity contribution in [2.75, 3.05) is 20.1 Å². The molecule has 0 unspecified atom stereocenters. The number of benzene rings is 1. The molecule has 2 rings (SSSR count). The summed E-state index contributed by atoms with van der Waals surface area (Å²) < 4.78 is 0. The van der Waals surface area contributed by atoms with Crippen LogP contribution < -0.4 is 5.32 Å². The predicted octanol–water partition coefficient (Wildman–Crippen LogP) is 3.53. The first kappa shape index (κ1) is 15.2. The van der Waals surface area contributed by atoms with Crippen molar-refractivity contribution in [3.05, 3.63) is 57.8 Å². The summed E-state index contributed by atoms with van der Waals surface area (Å²) >= 11 is 1.84. The van der Waals surface area contributed by atoms with Gasteiger partial charge in [0.15, 0.2) is 0 Å². The molecule has 2 nitrogen and oxygen atoms in total. The van der Waals surface area contributed by atoms with Crippen LogP contribution in [0.15, 0.2) is 41.8 Å². The first-order chi connectivity index (χ1) is 9.81. The molecule has 1 aromatic heterocycles. The average molecular weight is 288 g/mol. The highest BCUT2D eigenvalue weighted by molar-refractivity contribution is 7.09. The summed E-state index contributed by atoms with van der Waals surface area (Å²) in [5, 5.41) is 5.34. The number of thiophene rings is 1. The molecule has 0 bridgehead atoms. The lowest BCUT2D eigenvalue weighted by Gasteiger charge is -2.19. The van der Waals surface area contributed by atoms with E-state index in [0.29, 0.717) is 0 Å². The van der Waals surface area contributed by atoms with Gasteiger partial charge >= 0.3 is 0 Å². The van der Waals surface area contributed by atoms with Crippen molar-refractivity contribution >= 4 is 11.3 Å². The number of likely N-dealkylation sites (N-methyl/N-ethyl adjacent to an activating group) is 1. The highest BCUT2D eigenvalue weighted by Gasteiger charge is 2.05. The third-order valence-electron chi connectivity index (χ3n) is 3.50. The normalized spacial score (nSPS) is 11.2. The molecule has 0 amide bonds. The molecule has 20 heavy (non-hydrogen) atoms. The van der Waals surface area contributed by atoms with Gasteiger partial charge in [0.25, 0.3) is 0 Å². The van der Waals surface area contributed by atoms with Gasteiger partial charge in [-0.1, -0.05) is 37.3 Å². The maximum absolute atomic E-state index is 3.19. The number of hydrogen-bond acceptors (Lipinski definition) is 3. The first-order valence-corrected chi connectivity index (χ1v) is 8.17. The number of hydrogen-bond donors (Lipinski definition) is 1. The Labute approximate surface area is 126 Å². The zero-order valence-electron chi connectivity index (χ0n) is 12.4. The average Bonchev–Trinajstić information content (AvgIpc) is 2.99. The van der Waals surface area contributed by atoms with Gasteiger partial charge in [-0.25, -0.2) is 0 Å². The van der Waals surface area contributed by atoms with E-state index in [9.17, 15) is 0 Å². The smallest absolute Gasteiger partial charge is 0.0331 e. The Hall–Kier alpha value is -1.16. The highest BCUT2D eigenvalue weighted by atomic mass is 32.1. The molecule has 0 saturated heterocycles. The van der Waals surface area contributed by atoms with Crippen LogP contribution in [0.5, 0.6) is 0 Å². The van der Waals surface area contributed by atoms with E-state index in [1.165, 1.54) is 16.0 Å². The molecular formula is C17H24N2S.